The van der Waals surface area contributed by atoms with Crippen LogP contribution in [0.15, 0.2) is 0 Å². The number of hydrogen-bond acceptors (Lipinski definition) is 4. The van der Waals surface area contributed by atoms with Crippen LogP contribution in [0.2, 0.25) is 0 Å². The zero-order chi connectivity index (χ0) is 9.31. The SMILES string of the molecule is NN1CCC2(CC1)CC(O)CCO2. The number of piperidine rings is 1. The molecule has 76 valence electrons. The van der Waals surface area contributed by atoms with Crippen LogP contribution in [0, 0.1) is 0 Å². The maximum atomic E-state index is 9.57. The standard InChI is InChI=1S/C9H18N2O2/c10-11-4-2-9(3-5-11)7-8(12)1-6-13-9/h8,12H,1-7,10H2. The largest absolute Gasteiger partial charge is 0.393 e. The van der Waals surface area contributed by atoms with E-state index in [1.165, 1.54) is 0 Å². The molecule has 0 aromatic rings. The summed E-state index contributed by atoms with van der Waals surface area (Å²) in [5, 5.41) is 11.4. The average Bonchev–Trinajstić information content (AvgIpc) is 2.11. The average molecular weight is 186 g/mol. The third-order valence-corrected chi connectivity index (χ3v) is 3.18. The second-order valence-corrected chi connectivity index (χ2v) is 4.21. The van der Waals surface area contributed by atoms with Crippen LogP contribution in [-0.4, -0.2) is 41.5 Å². The molecule has 0 bridgehead atoms. The number of aliphatic hydroxyl groups excluding tert-OH is 1. The molecule has 2 fully saturated rings. The molecule has 4 heteroatoms. The smallest absolute Gasteiger partial charge is 0.0732 e. The van der Waals surface area contributed by atoms with E-state index < -0.39 is 0 Å². The summed E-state index contributed by atoms with van der Waals surface area (Å²) in [4.78, 5) is 0. The van der Waals surface area contributed by atoms with Crippen molar-refractivity contribution in [3.8, 4) is 0 Å². The quantitative estimate of drug-likeness (QED) is 0.517. The Balaban J connectivity index is 1.95. The van der Waals surface area contributed by atoms with Gasteiger partial charge in [-0.25, -0.2) is 5.01 Å². The summed E-state index contributed by atoms with van der Waals surface area (Å²) in [6.45, 7) is 2.46. The summed E-state index contributed by atoms with van der Waals surface area (Å²) < 4.78 is 5.78. The first-order valence-corrected chi connectivity index (χ1v) is 5.02. The number of aliphatic hydroxyl groups is 1. The number of nitrogens with two attached hydrogens (primary N) is 1. The van der Waals surface area contributed by atoms with E-state index in [2.05, 4.69) is 0 Å². The minimum absolute atomic E-state index is 0.0620. The molecule has 0 amide bonds. The predicted octanol–water partition coefficient (Wildman–Crippen LogP) is -0.134. The summed E-state index contributed by atoms with van der Waals surface area (Å²) in [7, 11) is 0. The van der Waals surface area contributed by atoms with Gasteiger partial charge < -0.3 is 9.84 Å². The molecule has 0 saturated carbocycles. The highest BCUT2D eigenvalue weighted by atomic mass is 16.5. The van der Waals surface area contributed by atoms with Gasteiger partial charge in [0.05, 0.1) is 11.7 Å². The van der Waals surface area contributed by atoms with Crippen LogP contribution in [0.1, 0.15) is 25.7 Å². The van der Waals surface area contributed by atoms with E-state index in [1.807, 2.05) is 5.01 Å². The Morgan fingerprint density at radius 1 is 1.38 bits per heavy atom. The lowest BCUT2D eigenvalue weighted by Crippen LogP contribution is -2.52. The highest BCUT2D eigenvalue weighted by Gasteiger charge is 2.39. The van der Waals surface area contributed by atoms with Gasteiger partial charge in [0.15, 0.2) is 0 Å². The van der Waals surface area contributed by atoms with Crippen molar-refractivity contribution >= 4 is 0 Å². The van der Waals surface area contributed by atoms with Gasteiger partial charge in [-0.05, 0) is 19.3 Å². The van der Waals surface area contributed by atoms with Crippen molar-refractivity contribution in [2.24, 2.45) is 5.84 Å². The third-order valence-electron chi connectivity index (χ3n) is 3.18. The molecule has 2 aliphatic rings. The molecule has 2 heterocycles. The zero-order valence-electron chi connectivity index (χ0n) is 7.91. The van der Waals surface area contributed by atoms with Crippen molar-refractivity contribution in [2.75, 3.05) is 19.7 Å². The number of ether oxygens (including phenoxy) is 1. The van der Waals surface area contributed by atoms with E-state index in [9.17, 15) is 5.11 Å². The highest BCUT2D eigenvalue weighted by Crippen LogP contribution is 2.34. The predicted molar refractivity (Wildman–Crippen MR) is 48.9 cm³/mol. The van der Waals surface area contributed by atoms with Crippen molar-refractivity contribution in [3.05, 3.63) is 0 Å². The number of rotatable bonds is 0. The van der Waals surface area contributed by atoms with E-state index in [-0.39, 0.29) is 11.7 Å². The van der Waals surface area contributed by atoms with E-state index in [0.717, 1.165) is 38.8 Å². The van der Waals surface area contributed by atoms with Crippen LogP contribution < -0.4 is 5.84 Å². The Bertz CT molecular complexity index is 178. The van der Waals surface area contributed by atoms with Crippen LogP contribution >= 0.6 is 0 Å². The molecular weight excluding hydrogens is 168 g/mol. The Morgan fingerprint density at radius 3 is 2.69 bits per heavy atom. The van der Waals surface area contributed by atoms with Gasteiger partial charge in [0, 0.05) is 26.1 Å². The van der Waals surface area contributed by atoms with Crippen molar-refractivity contribution < 1.29 is 9.84 Å². The Hall–Kier alpha value is -0.160. The summed E-state index contributed by atoms with van der Waals surface area (Å²) in [5.74, 6) is 5.67. The lowest BCUT2D eigenvalue weighted by Gasteiger charge is -2.44. The highest BCUT2D eigenvalue weighted by molar-refractivity contribution is 4.91. The minimum atomic E-state index is -0.168. The molecule has 0 radical (unpaired) electrons. The first kappa shape index (κ1) is 9.40. The van der Waals surface area contributed by atoms with Gasteiger partial charge in [0.25, 0.3) is 0 Å². The lowest BCUT2D eigenvalue weighted by atomic mass is 9.84. The molecule has 0 aromatic carbocycles. The number of hydrogen-bond donors (Lipinski definition) is 2. The molecule has 3 N–H and O–H groups in total. The molecule has 2 rings (SSSR count). The zero-order valence-corrected chi connectivity index (χ0v) is 7.91. The topological polar surface area (TPSA) is 58.7 Å². The lowest BCUT2D eigenvalue weighted by molar-refractivity contribution is -0.143. The van der Waals surface area contributed by atoms with Crippen LogP contribution in [0.5, 0.6) is 0 Å². The molecule has 1 atom stereocenters. The molecule has 1 unspecified atom stereocenters. The third kappa shape index (κ3) is 2.02. The van der Waals surface area contributed by atoms with E-state index in [4.69, 9.17) is 10.6 Å². The van der Waals surface area contributed by atoms with E-state index >= 15 is 0 Å². The molecule has 13 heavy (non-hydrogen) atoms. The Labute approximate surface area is 78.6 Å². The molecule has 4 nitrogen and oxygen atoms in total. The number of hydrazine groups is 1. The first-order valence-electron chi connectivity index (χ1n) is 5.02. The second kappa shape index (κ2) is 3.53. The molecule has 0 aliphatic carbocycles. The fraction of sp³-hybridized carbons (Fsp3) is 1.00. The van der Waals surface area contributed by atoms with Crippen LogP contribution in [0.25, 0.3) is 0 Å². The van der Waals surface area contributed by atoms with Crippen molar-refractivity contribution in [1.82, 2.24) is 5.01 Å². The summed E-state index contributed by atoms with van der Waals surface area (Å²) in [6.07, 6.45) is 3.33. The molecule has 1 spiro atoms. The van der Waals surface area contributed by atoms with Gasteiger partial charge >= 0.3 is 0 Å². The second-order valence-electron chi connectivity index (χ2n) is 4.21. The maximum Gasteiger partial charge on any atom is 0.0732 e. The fourth-order valence-electron chi connectivity index (χ4n) is 2.28. The van der Waals surface area contributed by atoms with Gasteiger partial charge in [0.2, 0.25) is 0 Å². The minimum Gasteiger partial charge on any atom is -0.393 e. The van der Waals surface area contributed by atoms with E-state index in [0.29, 0.717) is 6.61 Å². The molecule has 2 aliphatic heterocycles. The summed E-state index contributed by atoms with van der Waals surface area (Å²) >= 11 is 0. The van der Waals surface area contributed by atoms with Gasteiger partial charge in [-0.2, -0.15) is 0 Å². The molecule has 0 aromatic heterocycles. The van der Waals surface area contributed by atoms with Crippen molar-refractivity contribution in [1.29, 1.82) is 0 Å². The van der Waals surface area contributed by atoms with Crippen LogP contribution in [0.4, 0.5) is 0 Å². The Kier molecular flexibility index (Phi) is 2.55. The molecular formula is C9H18N2O2. The van der Waals surface area contributed by atoms with Crippen molar-refractivity contribution in [2.45, 2.75) is 37.4 Å². The fourth-order valence-corrected chi connectivity index (χ4v) is 2.28. The van der Waals surface area contributed by atoms with Crippen molar-refractivity contribution in [3.63, 3.8) is 0 Å². The summed E-state index contributed by atoms with van der Waals surface area (Å²) in [6, 6.07) is 0. The van der Waals surface area contributed by atoms with Gasteiger partial charge in [-0.15, -0.1) is 0 Å². The first-order chi connectivity index (χ1) is 6.20. The number of nitrogens with zero attached hydrogens (tertiary/aromatic N) is 1. The normalized spacial score (nSPS) is 35.1. The van der Waals surface area contributed by atoms with Gasteiger partial charge in [0.1, 0.15) is 0 Å². The Morgan fingerprint density at radius 2 is 2.08 bits per heavy atom. The van der Waals surface area contributed by atoms with Crippen LogP contribution in [-0.2, 0) is 4.74 Å². The van der Waals surface area contributed by atoms with Crippen LogP contribution in [0.3, 0.4) is 0 Å². The van der Waals surface area contributed by atoms with Gasteiger partial charge in [-0.3, -0.25) is 5.84 Å². The molecule has 2 saturated heterocycles. The summed E-state index contributed by atoms with van der Waals surface area (Å²) in [5.41, 5.74) is -0.0620. The monoisotopic (exact) mass is 186 g/mol. The maximum absolute atomic E-state index is 9.57. The van der Waals surface area contributed by atoms with Gasteiger partial charge in [-0.1, -0.05) is 0 Å². The van der Waals surface area contributed by atoms with E-state index in [1.54, 1.807) is 0 Å².